The lowest BCUT2D eigenvalue weighted by molar-refractivity contribution is 0.768. The third-order valence-corrected chi connectivity index (χ3v) is 15.4. The van der Waals surface area contributed by atoms with E-state index < -0.39 is 10.8 Å². The summed E-state index contributed by atoms with van der Waals surface area (Å²) in [5.41, 5.74) is 25.3. The van der Waals surface area contributed by atoms with Gasteiger partial charge in [0.2, 0.25) is 0 Å². The molecule has 0 fully saturated rings. The highest BCUT2D eigenvalue weighted by molar-refractivity contribution is 6.02. The first-order chi connectivity index (χ1) is 34.3. The number of rotatable bonds is 7. The second kappa shape index (κ2) is 15.4. The Morgan fingerprint density at radius 3 is 1.23 bits per heavy atom. The van der Waals surface area contributed by atoms with Crippen LogP contribution in [0.25, 0.3) is 55.6 Å². The first-order valence-electron chi connectivity index (χ1n) is 24.1. The van der Waals surface area contributed by atoms with E-state index in [1.54, 1.807) is 0 Å². The number of para-hydroxylation sites is 1. The van der Waals surface area contributed by atoms with Gasteiger partial charge in [-0.2, -0.15) is 0 Å². The first-order valence-corrected chi connectivity index (χ1v) is 24.1. The molecule has 322 valence electrons. The van der Waals surface area contributed by atoms with Gasteiger partial charge in [0.15, 0.2) is 0 Å². The lowest BCUT2D eigenvalue weighted by Crippen LogP contribution is -2.28. The van der Waals surface area contributed by atoms with Gasteiger partial charge < -0.3 is 4.90 Å². The summed E-state index contributed by atoms with van der Waals surface area (Å²) in [6, 6.07) is 102. The fraction of sp³-hybridized carbons (Fsp3) is 0.0294. The zero-order chi connectivity index (χ0) is 45.5. The summed E-state index contributed by atoms with van der Waals surface area (Å²) in [6.07, 6.45) is 0. The molecule has 3 aliphatic carbocycles. The van der Waals surface area contributed by atoms with Crippen LogP contribution in [0.15, 0.2) is 273 Å². The lowest BCUT2D eigenvalue weighted by Gasteiger charge is -2.35. The van der Waals surface area contributed by atoms with Gasteiger partial charge in [-0.25, -0.2) is 0 Å². The van der Waals surface area contributed by atoms with Crippen molar-refractivity contribution in [2.45, 2.75) is 10.8 Å². The highest BCUT2D eigenvalue weighted by Crippen LogP contribution is 2.64. The van der Waals surface area contributed by atoms with Gasteiger partial charge in [-0.1, -0.05) is 243 Å². The number of hydrogen-bond donors (Lipinski definition) is 0. The average Bonchev–Trinajstić information content (AvgIpc) is 4.03. The summed E-state index contributed by atoms with van der Waals surface area (Å²) in [5, 5.41) is 0. The van der Waals surface area contributed by atoms with Crippen LogP contribution >= 0.6 is 0 Å². The average molecular weight is 876 g/mol. The van der Waals surface area contributed by atoms with Crippen LogP contribution < -0.4 is 4.90 Å². The van der Waals surface area contributed by atoms with Crippen LogP contribution in [-0.4, -0.2) is 0 Å². The molecule has 0 unspecified atom stereocenters. The fourth-order valence-corrected chi connectivity index (χ4v) is 12.7. The lowest BCUT2D eigenvalue weighted by atomic mass is 9.67. The highest BCUT2D eigenvalue weighted by atomic mass is 15.1. The predicted molar refractivity (Wildman–Crippen MR) is 286 cm³/mol. The van der Waals surface area contributed by atoms with Crippen molar-refractivity contribution in [3.8, 4) is 55.6 Å². The van der Waals surface area contributed by atoms with E-state index in [9.17, 15) is 0 Å². The van der Waals surface area contributed by atoms with E-state index in [4.69, 9.17) is 0 Å². The minimum Gasteiger partial charge on any atom is -0.310 e. The van der Waals surface area contributed by atoms with Gasteiger partial charge in [0, 0.05) is 16.9 Å². The summed E-state index contributed by atoms with van der Waals surface area (Å²) < 4.78 is 0. The molecule has 69 heavy (non-hydrogen) atoms. The third kappa shape index (κ3) is 5.53. The Kier molecular flexibility index (Phi) is 8.78. The molecule has 11 aromatic rings. The molecule has 0 saturated carbocycles. The summed E-state index contributed by atoms with van der Waals surface area (Å²) in [5.74, 6) is 0. The minimum atomic E-state index is -0.543. The fourth-order valence-electron chi connectivity index (χ4n) is 12.7. The van der Waals surface area contributed by atoms with E-state index in [0.29, 0.717) is 0 Å². The number of nitrogens with zero attached hydrogens (tertiary/aromatic N) is 1. The molecule has 11 aromatic carbocycles. The van der Waals surface area contributed by atoms with Crippen molar-refractivity contribution in [2.24, 2.45) is 0 Å². The second-order valence-electron chi connectivity index (χ2n) is 18.6. The Hall–Kier alpha value is -8.78. The molecule has 0 saturated heterocycles. The smallest absolute Gasteiger partial charge is 0.0725 e. The summed E-state index contributed by atoms with van der Waals surface area (Å²) in [6.45, 7) is 0. The van der Waals surface area contributed by atoms with Crippen LogP contribution in [0.1, 0.15) is 44.5 Å². The normalized spacial score (nSPS) is 13.7. The summed E-state index contributed by atoms with van der Waals surface area (Å²) in [7, 11) is 0. The van der Waals surface area contributed by atoms with Crippen LogP contribution in [0, 0.1) is 0 Å². The van der Waals surface area contributed by atoms with Gasteiger partial charge in [0.25, 0.3) is 0 Å². The van der Waals surface area contributed by atoms with Gasteiger partial charge in [0.1, 0.15) is 0 Å². The van der Waals surface area contributed by atoms with Crippen molar-refractivity contribution >= 4 is 17.1 Å². The van der Waals surface area contributed by atoms with Gasteiger partial charge in [-0.15, -0.1) is 0 Å². The van der Waals surface area contributed by atoms with Crippen molar-refractivity contribution in [1.82, 2.24) is 0 Å². The molecule has 0 heterocycles. The molecule has 1 spiro atoms. The van der Waals surface area contributed by atoms with Crippen LogP contribution in [0.2, 0.25) is 0 Å². The number of fused-ring (bicyclic) bond motifs is 13. The molecule has 0 radical (unpaired) electrons. The van der Waals surface area contributed by atoms with Crippen LogP contribution in [0.4, 0.5) is 17.1 Å². The van der Waals surface area contributed by atoms with Crippen molar-refractivity contribution in [2.75, 3.05) is 4.90 Å². The maximum Gasteiger partial charge on any atom is 0.0725 e. The standard InChI is InChI=1S/C68H45N/c1-3-21-46(22-4-1)47-41-43-50(44-42-47)69(51-26-19-25-49(45-51)67(48-23-5-2-6-24-48)59-34-13-7-27-52(59)53-28-8-14-35-60(53)67)65-40-18-12-31-56(65)57-33-20-39-64-66(57)58-32-11-17-38-63(58)68(64)61-36-15-9-29-54(61)55-30-10-16-37-62(55)68/h1-45H. The van der Waals surface area contributed by atoms with Gasteiger partial charge >= 0.3 is 0 Å². The van der Waals surface area contributed by atoms with E-state index >= 15 is 0 Å². The maximum atomic E-state index is 2.50. The molecule has 0 bridgehead atoms. The van der Waals surface area contributed by atoms with E-state index in [2.05, 4.69) is 278 Å². The number of hydrogen-bond acceptors (Lipinski definition) is 1. The first kappa shape index (κ1) is 39.4. The molecular formula is C68H45N. The molecule has 0 aliphatic heterocycles. The van der Waals surface area contributed by atoms with Gasteiger partial charge in [0.05, 0.1) is 16.5 Å². The Morgan fingerprint density at radius 2 is 0.638 bits per heavy atom. The number of benzene rings is 11. The van der Waals surface area contributed by atoms with E-state index in [-0.39, 0.29) is 0 Å². The van der Waals surface area contributed by atoms with Crippen molar-refractivity contribution in [3.05, 3.63) is 317 Å². The van der Waals surface area contributed by atoms with Gasteiger partial charge in [-0.05, 0) is 125 Å². The predicted octanol–water partition coefficient (Wildman–Crippen LogP) is 17.2. The maximum absolute atomic E-state index is 2.50. The zero-order valence-electron chi connectivity index (χ0n) is 37.9. The molecule has 3 aliphatic rings. The Labute approximate surface area is 403 Å². The van der Waals surface area contributed by atoms with Crippen LogP contribution in [-0.2, 0) is 10.8 Å². The molecular weight excluding hydrogens is 831 g/mol. The molecule has 1 nitrogen and oxygen atoms in total. The van der Waals surface area contributed by atoms with Crippen LogP contribution in [0.3, 0.4) is 0 Å². The molecule has 1 heteroatoms. The monoisotopic (exact) mass is 875 g/mol. The molecule has 0 N–H and O–H groups in total. The molecule has 0 amide bonds. The second-order valence-corrected chi connectivity index (χ2v) is 18.6. The largest absolute Gasteiger partial charge is 0.310 e. The Bertz CT molecular complexity index is 3700. The quantitative estimate of drug-likeness (QED) is 0.154. The third-order valence-electron chi connectivity index (χ3n) is 15.4. The number of anilines is 3. The van der Waals surface area contributed by atoms with E-state index in [1.807, 2.05) is 0 Å². The van der Waals surface area contributed by atoms with E-state index in [0.717, 1.165) is 17.1 Å². The Balaban J connectivity index is 1.02. The molecule has 14 rings (SSSR count). The van der Waals surface area contributed by atoms with Crippen molar-refractivity contribution in [1.29, 1.82) is 0 Å². The van der Waals surface area contributed by atoms with Crippen LogP contribution in [0.5, 0.6) is 0 Å². The summed E-state index contributed by atoms with van der Waals surface area (Å²) in [4.78, 5) is 2.50. The van der Waals surface area contributed by atoms with E-state index in [1.165, 1.54) is 100 Å². The van der Waals surface area contributed by atoms with Gasteiger partial charge in [-0.3, -0.25) is 0 Å². The molecule has 0 atom stereocenters. The minimum absolute atomic E-state index is 0.440. The van der Waals surface area contributed by atoms with Crippen molar-refractivity contribution in [3.63, 3.8) is 0 Å². The molecule has 0 aromatic heterocycles. The van der Waals surface area contributed by atoms with Crippen molar-refractivity contribution < 1.29 is 0 Å². The topological polar surface area (TPSA) is 3.24 Å². The SMILES string of the molecule is c1ccc(-c2ccc(N(c3cccc(C4(c5ccccc5)c5ccccc5-c5ccccc54)c3)c3ccccc3-c3cccc4c3-c3ccccc3C43c4ccccc4-c4ccccc43)cc2)cc1. The zero-order valence-corrected chi connectivity index (χ0v) is 37.9. The Morgan fingerprint density at radius 1 is 0.232 bits per heavy atom. The summed E-state index contributed by atoms with van der Waals surface area (Å²) >= 11 is 0. The highest BCUT2D eigenvalue weighted by Gasteiger charge is 2.52.